The van der Waals surface area contributed by atoms with E-state index in [2.05, 4.69) is 21.5 Å². The first-order valence-corrected chi connectivity index (χ1v) is 6.84. The Hall–Kier alpha value is -2.66. The molecule has 2 heterocycles. The maximum Gasteiger partial charge on any atom is 0.162 e. The molecule has 0 unspecified atom stereocenters. The zero-order valence-corrected chi connectivity index (χ0v) is 11.3. The van der Waals surface area contributed by atoms with Crippen LogP contribution in [0.3, 0.4) is 0 Å². The maximum absolute atomic E-state index is 5.59. The highest BCUT2D eigenvalue weighted by molar-refractivity contribution is 5.90. The number of nitrogens with two attached hydrogens (primary N) is 1. The largest absolute Gasteiger partial charge is 0.493 e. The Balaban J connectivity index is 1.90. The molecule has 1 aliphatic rings. The minimum absolute atomic E-state index is 0.632. The topological polar surface area (TPSA) is 73.1 Å². The van der Waals surface area contributed by atoms with E-state index in [1.165, 1.54) is 5.56 Å². The van der Waals surface area contributed by atoms with Crippen molar-refractivity contribution in [1.29, 1.82) is 0 Å². The van der Waals surface area contributed by atoms with Gasteiger partial charge in [0.05, 0.1) is 12.1 Å². The lowest BCUT2D eigenvalue weighted by Gasteiger charge is -2.08. The third-order valence-corrected chi connectivity index (χ3v) is 3.69. The Kier molecular flexibility index (Phi) is 2.72. The normalized spacial score (nSPS) is 13.0. The molecule has 1 aliphatic heterocycles. The summed E-state index contributed by atoms with van der Waals surface area (Å²) in [5.74, 6) is 7.84. The highest BCUT2D eigenvalue weighted by atomic mass is 16.5. The second kappa shape index (κ2) is 4.71. The van der Waals surface area contributed by atoms with Crippen LogP contribution in [0.1, 0.15) is 5.56 Å². The van der Waals surface area contributed by atoms with E-state index >= 15 is 0 Å². The Labute approximate surface area is 121 Å². The van der Waals surface area contributed by atoms with Crippen molar-refractivity contribution in [3.8, 4) is 17.1 Å². The molecule has 0 radical (unpaired) electrons. The Bertz CT molecular complexity index is 832. The summed E-state index contributed by atoms with van der Waals surface area (Å²) in [7, 11) is 0. The predicted octanol–water partition coefficient (Wildman–Crippen LogP) is 2.52. The van der Waals surface area contributed by atoms with Crippen molar-refractivity contribution in [2.24, 2.45) is 5.84 Å². The summed E-state index contributed by atoms with van der Waals surface area (Å²) >= 11 is 0. The van der Waals surface area contributed by atoms with Crippen molar-refractivity contribution in [2.45, 2.75) is 6.42 Å². The fraction of sp³-hybridized carbons (Fsp3) is 0.125. The highest BCUT2D eigenvalue weighted by Crippen LogP contribution is 2.30. The number of hydrogen-bond acceptors (Lipinski definition) is 5. The molecule has 0 atom stereocenters. The summed E-state index contributed by atoms with van der Waals surface area (Å²) in [5, 5.41) is 0.910. The molecule has 0 saturated heterocycles. The number of para-hydroxylation sites is 1. The van der Waals surface area contributed by atoms with E-state index in [-0.39, 0.29) is 0 Å². The van der Waals surface area contributed by atoms with Crippen LogP contribution in [0.25, 0.3) is 22.3 Å². The van der Waals surface area contributed by atoms with Gasteiger partial charge in [-0.15, -0.1) is 0 Å². The molecule has 2 aromatic carbocycles. The van der Waals surface area contributed by atoms with Crippen molar-refractivity contribution >= 4 is 16.7 Å². The van der Waals surface area contributed by atoms with Crippen LogP contribution in [-0.2, 0) is 6.42 Å². The molecule has 0 aliphatic carbocycles. The van der Waals surface area contributed by atoms with E-state index in [9.17, 15) is 0 Å². The molecule has 0 bridgehead atoms. The number of aromatic nitrogens is 2. The number of fused-ring (bicyclic) bond motifs is 2. The van der Waals surface area contributed by atoms with E-state index < -0.39 is 0 Å². The summed E-state index contributed by atoms with van der Waals surface area (Å²) in [6.07, 6.45) is 0.929. The standard InChI is InChI=1S/C16H14N4O/c17-20-16-12-3-1-2-4-13(12)18-15(19-16)11-5-6-14-10(9-11)7-8-21-14/h1-6,9H,7-8,17H2,(H,18,19,20). The number of anilines is 1. The number of hydrazine groups is 1. The average molecular weight is 278 g/mol. The summed E-state index contributed by atoms with van der Waals surface area (Å²) in [5.41, 5.74) is 5.70. The summed E-state index contributed by atoms with van der Waals surface area (Å²) in [6.45, 7) is 0.743. The Morgan fingerprint density at radius 2 is 2.00 bits per heavy atom. The SMILES string of the molecule is NNc1nc(-c2ccc3c(c2)CCO3)nc2ccccc12. The number of nitrogens with zero attached hydrogens (tertiary/aromatic N) is 2. The second-order valence-corrected chi connectivity index (χ2v) is 4.98. The van der Waals surface area contributed by atoms with E-state index in [1.807, 2.05) is 36.4 Å². The second-order valence-electron chi connectivity index (χ2n) is 4.98. The molecule has 4 rings (SSSR count). The molecular formula is C16H14N4O. The first-order valence-electron chi connectivity index (χ1n) is 6.84. The molecule has 21 heavy (non-hydrogen) atoms. The molecule has 5 nitrogen and oxygen atoms in total. The quantitative estimate of drug-likeness (QED) is 0.556. The third-order valence-electron chi connectivity index (χ3n) is 3.69. The van der Waals surface area contributed by atoms with E-state index in [0.29, 0.717) is 11.6 Å². The molecule has 0 fully saturated rings. The van der Waals surface area contributed by atoms with Crippen LogP contribution < -0.4 is 16.0 Å². The number of hydrogen-bond donors (Lipinski definition) is 2. The van der Waals surface area contributed by atoms with Crippen molar-refractivity contribution in [2.75, 3.05) is 12.0 Å². The molecule has 0 amide bonds. The van der Waals surface area contributed by atoms with Gasteiger partial charge in [-0.05, 0) is 35.9 Å². The van der Waals surface area contributed by atoms with Gasteiger partial charge in [-0.2, -0.15) is 0 Å². The van der Waals surface area contributed by atoms with E-state index in [0.717, 1.165) is 35.2 Å². The molecule has 0 spiro atoms. The van der Waals surface area contributed by atoms with Crippen LogP contribution in [0, 0.1) is 0 Å². The predicted molar refractivity (Wildman–Crippen MR) is 82.0 cm³/mol. The number of nitrogens with one attached hydrogen (secondary N) is 1. The lowest BCUT2D eigenvalue weighted by molar-refractivity contribution is 0.357. The summed E-state index contributed by atoms with van der Waals surface area (Å²) in [6, 6.07) is 13.9. The molecule has 104 valence electrons. The van der Waals surface area contributed by atoms with Gasteiger partial charge in [0.1, 0.15) is 5.75 Å². The fourth-order valence-corrected chi connectivity index (χ4v) is 2.64. The van der Waals surface area contributed by atoms with Crippen molar-refractivity contribution in [3.63, 3.8) is 0 Å². The maximum atomic E-state index is 5.59. The first kappa shape index (κ1) is 12.1. The van der Waals surface area contributed by atoms with E-state index in [1.54, 1.807) is 0 Å². The Morgan fingerprint density at radius 3 is 2.90 bits per heavy atom. The van der Waals surface area contributed by atoms with Crippen molar-refractivity contribution in [1.82, 2.24) is 9.97 Å². The summed E-state index contributed by atoms with van der Waals surface area (Å²) < 4.78 is 5.53. The van der Waals surface area contributed by atoms with Crippen LogP contribution in [0.4, 0.5) is 5.82 Å². The van der Waals surface area contributed by atoms with E-state index in [4.69, 9.17) is 10.6 Å². The Morgan fingerprint density at radius 1 is 1.10 bits per heavy atom. The third kappa shape index (κ3) is 1.98. The number of ether oxygens (including phenoxy) is 1. The van der Waals surface area contributed by atoms with Gasteiger partial charge >= 0.3 is 0 Å². The number of benzene rings is 2. The van der Waals surface area contributed by atoms with Gasteiger partial charge < -0.3 is 10.2 Å². The zero-order valence-electron chi connectivity index (χ0n) is 11.3. The zero-order chi connectivity index (χ0) is 14.2. The van der Waals surface area contributed by atoms with Gasteiger partial charge in [0.2, 0.25) is 0 Å². The molecule has 0 saturated carbocycles. The first-order chi connectivity index (χ1) is 10.3. The van der Waals surface area contributed by atoms with Crippen LogP contribution in [-0.4, -0.2) is 16.6 Å². The fourth-order valence-electron chi connectivity index (χ4n) is 2.64. The van der Waals surface area contributed by atoms with Crippen molar-refractivity contribution < 1.29 is 4.74 Å². The molecule has 3 N–H and O–H groups in total. The van der Waals surface area contributed by atoms with Gasteiger partial charge in [0.25, 0.3) is 0 Å². The lowest BCUT2D eigenvalue weighted by atomic mass is 10.1. The van der Waals surface area contributed by atoms with Gasteiger partial charge in [-0.1, -0.05) is 12.1 Å². The smallest absolute Gasteiger partial charge is 0.162 e. The molecular weight excluding hydrogens is 264 g/mol. The summed E-state index contributed by atoms with van der Waals surface area (Å²) in [4.78, 5) is 9.16. The monoisotopic (exact) mass is 278 g/mol. The highest BCUT2D eigenvalue weighted by Gasteiger charge is 2.14. The van der Waals surface area contributed by atoms with Crippen LogP contribution in [0.5, 0.6) is 5.75 Å². The lowest BCUT2D eigenvalue weighted by Crippen LogP contribution is -2.10. The number of nitrogen functional groups attached to an aromatic ring is 1. The van der Waals surface area contributed by atoms with Gasteiger partial charge in [-0.25, -0.2) is 15.8 Å². The molecule has 5 heteroatoms. The molecule has 1 aromatic heterocycles. The van der Waals surface area contributed by atoms with Crippen LogP contribution in [0.15, 0.2) is 42.5 Å². The van der Waals surface area contributed by atoms with Crippen molar-refractivity contribution in [3.05, 3.63) is 48.0 Å². The minimum Gasteiger partial charge on any atom is -0.493 e. The van der Waals surface area contributed by atoms with Crippen LogP contribution in [0.2, 0.25) is 0 Å². The van der Waals surface area contributed by atoms with Gasteiger partial charge in [0.15, 0.2) is 11.6 Å². The van der Waals surface area contributed by atoms with Gasteiger partial charge in [-0.3, -0.25) is 0 Å². The minimum atomic E-state index is 0.632. The number of rotatable bonds is 2. The van der Waals surface area contributed by atoms with Gasteiger partial charge in [0, 0.05) is 17.4 Å². The van der Waals surface area contributed by atoms with Crippen LogP contribution >= 0.6 is 0 Å². The molecule has 3 aromatic rings. The average Bonchev–Trinajstić information content (AvgIpc) is 3.01.